The molecule has 0 radical (unpaired) electrons. The molecule has 0 bridgehead atoms. The van der Waals surface area contributed by atoms with Crippen molar-refractivity contribution in [2.45, 2.75) is 52.6 Å². The molecular formula is C24H32N4O3. The Morgan fingerprint density at radius 1 is 1.19 bits per heavy atom. The van der Waals surface area contributed by atoms with Gasteiger partial charge in [-0.15, -0.1) is 5.10 Å². The first-order chi connectivity index (χ1) is 14.8. The number of aryl methyl sites for hydroxylation is 2. The number of benzene rings is 2. The van der Waals surface area contributed by atoms with Crippen LogP contribution in [0.25, 0.3) is 11.0 Å². The Bertz CT molecular complexity index is 1060. The Morgan fingerprint density at radius 2 is 1.97 bits per heavy atom. The molecule has 1 heterocycles. The predicted octanol–water partition coefficient (Wildman–Crippen LogP) is 3.87. The normalized spacial score (nSPS) is 12.4. The summed E-state index contributed by atoms with van der Waals surface area (Å²) in [6, 6.07) is 10.7. The average Bonchev–Trinajstić information content (AvgIpc) is 3.12. The summed E-state index contributed by atoms with van der Waals surface area (Å²) < 4.78 is 12.6. The highest BCUT2D eigenvalue weighted by molar-refractivity contribution is 5.83. The van der Waals surface area contributed by atoms with Gasteiger partial charge in [-0.25, -0.2) is 4.68 Å². The van der Waals surface area contributed by atoms with Gasteiger partial charge in [0.05, 0.1) is 20.1 Å². The first-order valence-electron chi connectivity index (χ1n) is 10.7. The summed E-state index contributed by atoms with van der Waals surface area (Å²) in [5.74, 6) is 0.272. The van der Waals surface area contributed by atoms with Gasteiger partial charge in [-0.2, -0.15) is 0 Å². The molecule has 0 aliphatic carbocycles. The third-order valence-corrected chi connectivity index (χ3v) is 5.46. The number of methoxy groups -OCH3 is 1. The summed E-state index contributed by atoms with van der Waals surface area (Å²) in [6.45, 7) is 9.32. The molecule has 2 aromatic carbocycles. The van der Waals surface area contributed by atoms with E-state index in [0.29, 0.717) is 18.4 Å². The quantitative estimate of drug-likeness (QED) is 0.526. The number of carbonyl (C=O) groups is 1. The zero-order valence-corrected chi connectivity index (χ0v) is 19.2. The Morgan fingerprint density at radius 3 is 2.65 bits per heavy atom. The third kappa shape index (κ3) is 5.22. The van der Waals surface area contributed by atoms with E-state index >= 15 is 0 Å². The summed E-state index contributed by atoms with van der Waals surface area (Å²) in [4.78, 5) is 12.5. The fourth-order valence-electron chi connectivity index (χ4n) is 3.76. The maximum Gasteiger partial charge on any atom is 0.306 e. The van der Waals surface area contributed by atoms with E-state index in [-0.39, 0.29) is 18.3 Å². The molecule has 0 saturated carbocycles. The lowest BCUT2D eigenvalue weighted by molar-refractivity contribution is -0.143. The molecule has 0 amide bonds. The van der Waals surface area contributed by atoms with E-state index in [4.69, 9.17) is 9.47 Å². The lowest BCUT2D eigenvalue weighted by atomic mass is 9.86. The van der Waals surface area contributed by atoms with Crippen LogP contribution in [0.5, 0.6) is 5.75 Å². The molecule has 0 saturated heterocycles. The highest BCUT2D eigenvalue weighted by atomic mass is 16.5. The summed E-state index contributed by atoms with van der Waals surface area (Å²) in [5, 5.41) is 11.9. The second-order valence-electron chi connectivity index (χ2n) is 8.09. The molecular weight excluding hydrogens is 392 g/mol. The van der Waals surface area contributed by atoms with Crippen LogP contribution in [-0.2, 0) is 23.1 Å². The standard InChI is InChI=1S/C24H32N4O3/c1-7-31-23(29)13-20(17-9-8-16(4)19(10-17)14-25-15(2)3)18-11-21-24(22(12-18)30-6)28(5)27-26-21/h8-12,15,20,25H,7,13-14H2,1-6H3. The number of aromatic nitrogens is 3. The van der Waals surface area contributed by atoms with Crippen molar-refractivity contribution in [3.8, 4) is 5.75 Å². The number of carbonyl (C=O) groups excluding carboxylic acids is 1. The van der Waals surface area contributed by atoms with Crippen LogP contribution in [-0.4, -0.2) is 40.7 Å². The van der Waals surface area contributed by atoms with Gasteiger partial charge < -0.3 is 14.8 Å². The minimum absolute atomic E-state index is 0.183. The summed E-state index contributed by atoms with van der Waals surface area (Å²) in [5.41, 5.74) is 6.00. The highest BCUT2D eigenvalue weighted by Crippen LogP contribution is 2.35. The van der Waals surface area contributed by atoms with Gasteiger partial charge in [-0.3, -0.25) is 4.79 Å². The second-order valence-corrected chi connectivity index (χ2v) is 8.09. The van der Waals surface area contributed by atoms with Crippen molar-refractivity contribution in [1.29, 1.82) is 0 Å². The average molecular weight is 425 g/mol. The van der Waals surface area contributed by atoms with E-state index in [1.807, 2.05) is 26.1 Å². The molecule has 7 heteroatoms. The number of rotatable bonds is 9. The van der Waals surface area contributed by atoms with Crippen molar-refractivity contribution < 1.29 is 14.3 Å². The molecule has 0 fully saturated rings. The molecule has 3 aromatic rings. The summed E-state index contributed by atoms with van der Waals surface area (Å²) in [7, 11) is 3.47. The van der Waals surface area contributed by atoms with Gasteiger partial charge in [0.2, 0.25) is 0 Å². The minimum Gasteiger partial charge on any atom is -0.494 e. The van der Waals surface area contributed by atoms with Crippen LogP contribution in [0, 0.1) is 6.92 Å². The monoisotopic (exact) mass is 424 g/mol. The van der Waals surface area contributed by atoms with Gasteiger partial charge >= 0.3 is 5.97 Å². The maximum atomic E-state index is 12.5. The molecule has 0 aliphatic rings. The van der Waals surface area contributed by atoms with Crippen LogP contribution in [0.15, 0.2) is 30.3 Å². The predicted molar refractivity (Wildman–Crippen MR) is 121 cm³/mol. The maximum absolute atomic E-state index is 12.5. The largest absolute Gasteiger partial charge is 0.494 e. The van der Waals surface area contributed by atoms with Crippen molar-refractivity contribution in [3.63, 3.8) is 0 Å². The third-order valence-electron chi connectivity index (χ3n) is 5.46. The number of nitrogens with zero attached hydrogens (tertiary/aromatic N) is 3. The minimum atomic E-state index is -0.229. The molecule has 0 aliphatic heterocycles. The van der Waals surface area contributed by atoms with Gasteiger partial charge in [-0.05, 0) is 48.2 Å². The number of ether oxygens (including phenoxy) is 2. The van der Waals surface area contributed by atoms with Gasteiger partial charge in [0.15, 0.2) is 0 Å². The van der Waals surface area contributed by atoms with E-state index in [1.165, 1.54) is 11.1 Å². The van der Waals surface area contributed by atoms with E-state index in [9.17, 15) is 4.79 Å². The zero-order chi connectivity index (χ0) is 22.5. The smallest absolute Gasteiger partial charge is 0.306 e. The van der Waals surface area contributed by atoms with Crippen LogP contribution >= 0.6 is 0 Å². The fraction of sp³-hybridized carbons (Fsp3) is 0.458. The first kappa shape index (κ1) is 22.7. The summed E-state index contributed by atoms with van der Waals surface area (Å²) in [6.07, 6.45) is 0.239. The molecule has 0 spiro atoms. The van der Waals surface area contributed by atoms with Crippen LogP contribution in [0.3, 0.4) is 0 Å². The van der Waals surface area contributed by atoms with Crippen LogP contribution < -0.4 is 10.1 Å². The lowest BCUT2D eigenvalue weighted by Crippen LogP contribution is -2.22. The van der Waals surface area contributed by atoms with Crippen molar-refractivity contribution in [3.05, 3.63) is 52.6 Å². The van der Waals surface area contributed by atoms with Gasteiger partial charge in [-0.1, -0.05) is 37.3 Å². The highest BCUT2D eigenvalue weighted by Gasteiger charge is 2.23. The Hall–Kier alpha value is -2.93. The first-order valence-corrected chi connectivity index (χ1v) is 10.7. The number of hydrogen-bond donors (Lipinski definition) is 1. The molecule has 7 nitrogen and oxygen atoms in total. The number of nitrogens with one attached hydrogen (secondary N) is 1. The van der Waals surface area contributed by atoms with E-state index < -0.39 is 0 Å². The van der Waals surface area contributed by atoms with Gasteiger partial charge in [0, 0.05) is 25.6 Å². The topological polar surface area (TPSA) is 78.3 Å². The van der Waals surface area contributed by atoms with Crippen molar-refractivity contribution in [2.24, 2.45) is 7.05 Å². The Balaban J connectivity index is 2.08. The van der Waals surface area contributed by atoms with E-state index in [0.717, 1.165) is 28.7 Å². The lowest BCUT2D eigenvalue weighted by Gasteiger charge is -2.20. The fourth-order valence-corrected chi connectivity index (χ4v) is 3.76. The van der Waals surface area contributed by atoms with Crippen molar-refractivity contribution >= 4 is 17.0 Å². The van der Waals surface area contributed by atoms with Crippen LogP contribution in [0.4, 0.5) is 0 Å². The zero-order valence-electron chi connectivity index (χ0n) is 19.2. The molecule has 1 aromatic heterocycles. The SMILES string of the molecule is CCOC(=O)CC(c1ccc(C)c(CNC(C)C)c1)c1cc(OC)c2c(c1)nnn2C. The van der Waals surface area contributed by atoms with E-state index in [1.54, 1.807) is 11.8 Å². The van der Waals surface area contributed by atoms with Crippen molar-refractivity contribution in [1.82, 2.24) is 20.3 Å². The van der Waals surface area contributed by atoms with Crippen LogP contribution in [0.1, 0.15) is 55.4 Å². The second kappa shape index (κ2) is 9.92. The molecule has 1 unspecified atom stereocenters. The number of fused-ring (bicyclic) bond motifs is 1. The van der Waals surface area contributed by atoms with E-state index in [2.05, 4.69) is 54.6 Å². The molecule has 3 rings (SSSR count). The summed E-state index contributed by atoms with van der Waals surface area (Å²) >= 11 is 0. The molecule has 31 heavy (non-hydrogen) atoms. The van der Waals surface area contributed by atoms with Gasteiger partial charge in [0.1, 0.15) is 16.8 Å². The molecule has 166 valence electrons. The Kier molecular flexibility index (Phi) is 7.28. The number of hydrogen-bond acceptors (Lipinski definition) is 6. The van der Waals surface area contributed by atoms with Gasteiger partial charge in [0.25, 0.3) is 0 Å². The Labute approximate surface area is 183 Å². The molecule has 1 atom stereocenters. The van der Waals surface area contributed by atoms with Crippen LogP contribution in [0.2, 0.25) is 0 Å². The van der Waals surface area contributed by atoms with Crippen molar-refractivity contribution in [2.75, 3.05) is 13.7 Å². The number of esters is 1. The molecule has 1 N–H and O–H groups in total.